The molecule has 2 aromatic heterocycles. The Morgan fingerprint density at radius 1 is 1.31 bits per heavy atom. The predicted molar refractivity (Wildman–Crippen MR) is 101 cm³/mol. The van der Waals surface area contributed by atoms with Gasteiger partial charge in [0.25, 0.3) is 11.5 Å². The zero-order chi connectivity index (χ0) is 18.9. The van der Waals surface area contributed by atoms with Crippen LogP contribution in [0.15, 0.2) is 34.4 Å². The summed E-state index contributed by atoms with van der Waals surface area (Å²) in [6.07, 6.45) is 1.39. The van der Waals surface area contributed by atoms with Crippen LogP contribution in [0.3, 0.4) is 0 Å². The van der Waals surface area contributed by atoms with Crippen LogP contribution in [0.25, 0.3) is 4.96 Å². The Hall–Kier alpha value is -2.58. The summed E-state index contributed by atoms with van der Waals surface area (Å²) in [5.74, 6) is 0.202. The first-order valence-electron chi connectivity index (χ1n) is 8.21. The second-order valence-electron chi connectivity index (χ2n) is 6.78. The van der Waals surface area contributed by atoms with Gasteiger partial charge in [0.05, 0.1) is 5.60 Å². The highest BCUT2D eigenvalue weighted by atomic mass is 32.1. The minimum absolute atomic E-state index is 0.267. The highest BCUT2D eigenvalue weighted by Crippen LogP contribution is 2.18. The molecule has 0 aliphatic carbocycles. The summed E-state index contributed by atoms with van der Waals surface area (Å²) in [7, 11) is 0. The van der Waals surface area contributed by atoms with Crippen LogP contribution in [-0.4, -0.2) is 31.2 Å². The number of hydrogen-bond donors (Lipinski definition) is 2. The number of aliphatic hydroxyl groups is 1. The fraction of sp³-hybridized carbons (Fsp3) is 0.333. The number of amides is 1. The van der Waals surface area contributed by atoms with Crippen LogP contribution in [0.2, 0.25) is 0 Å². The van der Waals surface area contributed by atoms with Crippen molar-refractivity contribution >= 4 is 28.0 Å². The second-order valence-corrected chi connectivity index (χ2v) is 7.62. The van der Waals surface area contributed by atoms with Crippen molar-refractivity contribution in [1.82, 2.24) is 14.6 Å². The van der Waals surface area contributed by atoms with Gasteiger partial charge in [-0.25, -0.2) is 0 Å². The fourth-order valence-electron chi connectivity index (χ4n) is 2.39. The number of aromatic nitrogens is 3. The number of aryl methyl sites for hydroxylation is 2. The summed E-state index contributed by atoms with van der Waals surface area (Å²) < 4.78 is 1.46. The maximum absolute atomic E-state index is 12.5. The summed E-state index contributed by atoms with van der Waals surface area (Å²) in [6.45, 7) is 5.13. The molecule has 0 fully saturated rings. The van der Waals surface area contributed by atoms with Gasteiger partial charge in [-0.2, -0.15) is 14.6 Å². The van der Waals surface area contributed by atoms with Crippen LogP contribution < -0.4 is 10.9 Å². The van der Waals surface area contributed by atoms with E-state index in [1.54, 1.807) is 38.3 Å². The predicted octanol–water partition coefficient (Wildman–Crippen LogP) is 2.42. The maximum atomic E-state index is 12.5. The van der Waals surface area contributed by atoms with E-state index in [1.165, 1.54) is 15.9 Å². The van der Waals surface area contributed by atoms with Crippen molar-refractivity contribution in [3.05, 3.63) is 56.8 Å². The van der Waals surface area contributed by atoms with E-state index in [9.17, 15) is 14.7 Å². The van der Waals surface area contributed by atoms with Crippen molar-refractivity contribution in [2.24, 2.45) is 0 Å². The molecule has 0 saturated heterocycles. The Balaban J connectivity index is 1.74. The molecule has 3 rings (SSSR count). The lowest BCUT2D eigenvalue weighted by Gasteiger charge is -2.16. The van der Waals surface area contributed by atoms with Crippen LogP contribution in [0.1, 0.15) is 41.9 Å². The van der Waals surface area contributed by atoms with Gasteiger partial charge in [-0.1, -0.05) is 12.1 Å². The second kappa shape index (κ2) is 6.97. The lowest BCUT2D eigenvalue weighted by molar-refractivity contribution is 0.0714. The smallest absolute Gasteiger partial charge is 0.295 e. The number of hydrogen-bond acceptors (Lipinski definition) is 6. The highest BCUT2D eigenvalue weighted by molar-refractivity contribution is 7.15. The van der Waals surface area contributed by atoms with Gasteiger partial charge in [0.1, 0.15) is 11.5 Å². The third kappa shape index (κ3) is 4.14. The number of benzene rings is 1. The quantitative estimate of drug-likeness (QED) is 0.717. The zero-order valence-electron chi connectivity index (χ0n) is 14.8. The van der Waals surface area contributed by atoms with E-state index in [4.69, 9.17) is 0 Å². The lowest BCUT2D eigenvalue weighted by Crippen LogP contribution is -2.19. The van der Waals surface area contributed by atoms with Crippen molar-refractivity contribution in [1.29, 1.82) is 0 Å². The van der Waals surface area contributed by atoms with Gasteiger partial charge in [-0.3, -0.25) is 9.59 Å². The third-order valence-electron chi connectivity index (χ3n) is 3.93. The van der Waals surface area contributed by atoms with E-state index in [1.807, 2.05) is 12.1 Å². The van der Waals surface area contributed by atoms with Crippen molar-refractivity contribution < 1.29 is 9.90 Å². The Morgan fingerprint density at radius 2 is 2.00 bits per heavy atom. The standard InChI is InChI=1S/C18H20N4O3S/c1-11-15(23)20-17-22(21-11)14(10-26-17)19-16(24)13-6-4-12(5-7-13)8-9-18(2,3)25/h4-7,10,25H,8-9H2,1-3H3,(H,19,24). The van der Waals surface area contributed by atoms with Gasteiger partial charge in [0.15, 0.2) is 0 Å². The van der Waals surface area contributed by atoms with Gasteiger partial charge >= 0.3 is 0 Å². The molecule has 1 amide bonds. The van der Waals surface area contributed by atoms with Gasteiger partial charge in [-0.05, 0) is 51.3 Å². The van der Waals surface area contributed by atoms with Gasteiger partial charge in [0.2, 0.25) is 4.96 Å². The van der Waals surface area contributed by atoms with Gasteiger partial charge in [0, 0.05) is 10.9 Å². The average molecular weight is 372 g/mol. The first-order chi connectivity index (χ1) is 12.2. The van der Waals surface area contributed by atoms with E-state index in [0.29, 0.717) is 22.8 Å². The van der Waals surface area contributed by atoms with Crippen LogP contribution in [0, 0.1) is 6.92 Å². The van der Waals surface area contributed by atoms with Gasteiger partial charge < -0.3 is 10.4 Å². The van der Waals surface area contributed by atoms with E-state index in [2.05, 4.69) is 15.4 Å². The molecule has 26 heavy (non-hydrogen) atoms. The number of carbonyl (C=O) groups excluding carboxylic acids is 1. The number of nitrogens with zero attached hydrogens (tertiary/aromatic N) is 3. The molecule has 0 aliphatic rings. The molecule has 0 unspecified atom stereocenters. The molecule has 0 atom stereocenters. The molecule has 2 N–H and O–H groups in total. The summed E-state index contributed by atoms with van der Waals surface area (Å²) >= 11 is 1.24. The summed E-state index contributed by atoms with van der Waals surface area (Å²) in [6, 6.07) is 7.27. The Kier molecular flexibility index (Phi) is 4.88. The number of fused-ring (bicyclic) bond motifs is 1. The minimum Gasteiger partial charge on any atom is -0.390 e. The molecule has 0 bridgehead atoms. The summed E-state index contributed by atoms with van der Waals surface area (Å²) in [5, 5.41) is 18.4. The van der Waals surface area contributed by atoms with E-state index < -0.39 is 5.60 Å². The molecule has 1 aromatic carbocycles. The highest BCUT2D eigenvalue weighted by Gasteiger charge is 2.14. The number of rotatable bonds is 5. The molecule has 3 aromatic rings. The van der Waals surface area contributed by atoms with Crippen LogP contribution in [-0.2, 0) is 6.42 Å². The Bertz CT molecular complexity index is 1000. The fourth-order valence-corrected chi connectivity index (χ4v) is 3.14. The van der Waals surface area contributed by atoms with Crippen molar-refractivity contribution in [2.75, 3.05) is 5.32 Å². The van der Waals surface area contributed by atoms with E-state index in [-0.39, 0.29) is 17.2 Å². The number of anilines is 1. The van der Waals surface area contributed by atoms with Crippen LogP contribution >= 0.6 is 11.3 Å². The molecule has 0 spiro atoms. The van der Waals surface area contributed by atoms with Crippen molar-refractivity contribution in [2.45, 2.75) is 39.2 Å². The number of carbonyl (C=O) groups is 1. The van der Waals surface area contributed by atoms with E-state index >= 15 is 0 Å². The molecule has 2 heterocycles. The number of nitrogens with one attached hydrogen (secondary N) is 1. The maximum Gasteiger partial charge on any atom is 0.295 e. The summed E-state index contributed by atoms with van der Waals surface area (Å²) in [4.78, 5) is 28.4. The van der Waals surface area contributed by atoms with Crippen LogP contribution in [0.5, 0.6) is 0 Å². The Labute approximate surface area is 154 Å². The van der Waals surface area contributed by atoms with Crippen molar-refractivity contribution in [3.63, 3.8) is 0 Å². The molecule has 136 valence electrons. The third-order valence-corrected chi connectivity index (χ3v) is 4.74. The van der Waals surface area contributed by atoms with Crippen molar-refractivity contribution in [3.8, 4) is 0 Å². The monoisotopic (exact) mass is 372 g/mol. The largest absolute Gasteiger partial charge is 0.390 e. The molecular weight excluding hydrogens is 352 g/mol. The normalized spacial score (nSPS) is 11.7. The first kappa shape index (κ1) is 18.2. The average Bonchev–Trinajstić information content (AvgIpc) is 2.95. The molecule has 7 nitrogen and oxygen atoms in total. The molecular formula is C18H20N4O3S. The minimum atomic E-state index is -0.712. The SMILES string of the molecule is Cc1nn2c(NC(=O)c3ccc(CCC(C)(C)O)cc3)csc2nc1=O. The van der Waals surface area contributed by atoms with Crippen LogP contribution in [0.4, 0.5) is 5.82 Å². The summed E-state index contributed by atoms with van der Waals surface area (Å²) in [5.41, 5.74) is 0.764. The first-order valence-corrected chi connectivity index (χ1v) is 9.09. The molecule has 0 saturated carbocycles. The molecule has 0 radical (unpaired) electrons. The molecule has 0 aliphatic heterocycles. The number of thiazole rings is 1. The van der Waals surface area contributed by atoms with E-state index in [0.717, 1.165) is 12.0 Å². The molecule has 8 heteroatoms. The lowest BCUT2D eigenvalue weighted by atomic mass is 9.98. The Morgan fingerprint density at radius 3 is 2.65 bits per heavy atom. The van der Waals surface area contributed by atoms with Gasteiger partial charge in [-0.15, -0.1) is 11.3 Å². The zero-order valence-corrected chi connectivity index (χ0v) is 15.6. The topological polar surface area (TPSA) is 96.6 Å².